The van der Waals surface area contributed by atoms with Gasteiger partial charge in [-0.1, -0.05) is 118 Å². The maximum Gasteiger partial charge on any atom is 0.137 e. The number of hydrogen-bond donors (Lipinski definition) is 0. The van der Waals surface area contributed by atoms with Crippen molar-refractivity contribution in [1.82, 2.24) is 0 Å². The molecule has 0 N–H and O–H groups in total. The molecule has 6 heteroatoms. The number of nitrogens with zero attached hydrogens (tertiary/aromatic N) is 2. The van der Waals surface area contributed by atoms with Crippen molar-refractivity contribution >= 4 is 0 Å². The molecule has 3 aromatic rings. The first kappa shape index (κ1) is 46.2. The zero-order chi connectivity index (χ0) is 36.0. The summed E-state index contributed by atoms with van der Waals surface area (Å²) < 4.78 is 14.2. The van der Waals surface area contributed by atoms with Crippen LogP contribution in [0.3, 0.4) is 0 Å². The molecule has 0 aliphatic heterocycles. The minimum atomic E-state index is 0. The van der Waals surface area contributed by atoms with E-state index in [0.29, 0.717) is 24.0 Å². The van der Waals surface area contributed by atoms with E-state index < -0.39 is 0 Å². The number of hydrogen-bond acceptors (Lipinski definition) is 2. The second-order valence-electron chi connectivity index (χ2n) is 19.4. The molecule has 4 nitrogen and oxygen atoms in total. The molecule has 0 aliphatic carbocycles. The molecule has 0 saturated carbocycles. The lowest BCUT2D eigenvalue weighted by Crippen LogP contribution is -3.00. The first-order valence-corrected chi connectivity index (χ1v) is 18.1. The van der Waals surface area contributed by atoms with Gasteiger partial charge in [-0.2, -0.15) is 0 Å². The summed E-state index contributed by atoms with van der Waals surface area (Å²) in [7, 11) is 9.23. The van der Waals surface area contributed by atoms with Crippen molar-refractivity contribution in [2.24, 2.45) is 10.8 Å². The fourth-order valence-corrected chi connectivity index (χ4v) is 7.63. The van der Waals surface area contributed by atoms with Crippen molar-refractivity contribution in [3.8, 4) is 11.5 Å². The van der Waals surface area contributed by atoms with E-state index in [-0.39, 0.29) is 44.8 Å². The van der Waals surface area contributed by atoms with E-state index >= 15 is 0 Å². The number of ether oxygens (including phenoxy) is 2. The van der Waals surface area contributed by atoms with Crippen LogP contribution in [0.2, 0.25) is 0 Å². The highest BCUT2D eigenvalue weighted by atomic mass is 79.9. The summed E-state index contributed by atoms with van der Waals surface area (Å²) in [6.45, 7) is 28.4. The van der Waals surface area contributed by atoms with Crippen molar-refractivity contribution in [3.63, 3.8) is 0 Å². The minimum absolute atomic E-state index is 0. The zero-order valence-electron chi connectivity index (χ0n) is 34.1. The molecule has 0 unspecified atom stereocenters. The lowest BCUT2D eigenvalue weighted by Gasteiger charge is -2.33. The van der Waals surface area contributed by atoms with Crippen LogP contribution in [-0.2, 0) is 23.9 Å². The molecule has 3 aromatic carbocycles. The predicted octanol–water partition coefficient (Wildman–Crippen LogP) is 4.43. The fraction of sp³-hybridized carbons (Fsp3) is 0.591. The maximum absolute atomic E-state index is 6.25. The van der Waals surface area contributed by atoms with Gasteiger partial charge in [0.15, 0.2) is 0 Å². The SMILES string of the molecule is CC(C)(C)CC(C)(C)c1ccc(OCC[N+](C)(C)Cc2ccccc2C[N+](C)(C)CCOc2ccc(C(C)(C)CC(C)(C)C)cc2)cc1.[Br-].[Br-]. The second-order valence-corrected chi connectivity index (χ2v) is 19.4. The molecule has 0 bridgehead atoms. The summed E-state index contributed by atoms with van der Waals surface area (Å²) in [4.78, 5) is 0. The van der Waals surface area contributed by atoms with Gasteiger partial charge in [-0.05, 0) is 69.9 Å². The average molecular weight is 819 g/mol. The van der Waals surface area contributed by atoms with Gasteiger partial charge in [-0.3, -0.25) is 0 Å². The Labute approximate surface area is 328 Å². The van der Waals surface area contributed by atoms with E-state index in [2.05, 4.69) is 170 Å². The highest BCUT2D eigenvalue weighted by Crippen LogP contribution is 2.38. The molecule has 0 aliphatic rings. The van der Waals surface area contributed by atoms with Crippen molar-refractivity contribution in [2.45, 2.75) is 106 Å². The van der Waals surface area contributed by atoms with E-state index in [4.69, 9.17) is 9.47 Å². The van der Waals surface area contributed by atoms with Crippen LogP contribution in [0.4, 0.5) is 0 Å². The molecule has 0 fully saturated rings. The molecule has 0 spiro atoms. The Balaban J connectivity index is 0.00000625. The van der Waals surface area contributed by atoms with E-state index in [1.54, 1.807) is 0 Å². The third-order valence-corrected chi connectivity index (χ3v) is 9.46. The Bertz CT molecular complexity index is 1320. The van der Waals surface area contributed by atoms with Crippen molar-refractivity contribution in [3.05, 3.63) is 95.1 Å². The highest BCUT2D eigenvalue weighted by molar-refractivity contribution is 5.33. The molecule has 0 saturated heterocycles. The van der Waals surface area contributed by atoms with Gasteiger partial charge in [0.25, 0.3) is 0 Å². The van der Waals surface area contributed by atoms with Crippen LogP contribution in [0.5, 0.6) is 11.5 Å². The van der Waals surface area contributed by atoms with Gasteiger partial charge in [0.2, 0.25) is 0 Å². The first-order chi connectivity index (χ1) is 22.0. The van der Waals surface area contributed by atoms with E-state index in [1.807, 2.05) is 0 Å². The Kier molecular flexibility index (Phi) is 16.9. The van der Waals surface area contributed by atoms with Crippen LogP contribution < -0.4 is 43.4 Å². The summed E-state index contributed by atoms with van der Waals surface area (Å²) in [6, 6.07) is 26.5. The van der Waals surface area contributed by atoms with Gasteiger partial charge >= 0.3 is 0 Å². The van der Waals surface area contributed by atoms with E-state index in [9.17, 15) is 0 Å². The van der Waals surface area contributed by atoms with Gasteiger partial charge in [0, 0.05) is 11.1 Å². The van der Waals surface area contributed by atoms with Crippen LogP contribution >= 0.6 is 0 Å². The summed E-state index contributed by atoms with van der Waals surface area (Å²) in [5, 5.41) is 0. The van der Waals surface area contributed by atoms with Crippen LogP contribution in [-0.4, -0.2) is 63.5 Å². The number of benzene rings is 3. The first-order valence-electron chi connectivity index (χ1n) is 18.1. The molecule has 282 valence electrons. The smallest absolute Gasteiger partial charge is 0.137 e. The molecule has 0 heterocycles. The van der Waals surface area contributed by atoms with Gasteiger partial charge in [0.1, 0.15) is 50.9 Å². The minimum Gasteiger partial charge on any atom is -1.00 e. The highest BCUT2D eigenvalue weighted by Gasteiger charge is 2.29. The second kappa shape index (κ2) is 18.3. The van der Waals surface area contributed by atoms with Crippen LogP contribution in [0, 0.1) is 10.8 Å². The Morgan fingerprint density at radius 1 is 0.460 bits per heavy atom. The van der Waals surface area contributed by atoms with Crippen LogP contribution in [0.1, 0.15) is 104 Å². The van der Waals surface area contributed by atoms with Gasteiger partial charge in [0.05, 0.1) is 28.2 Å². The summed E-state index contributed by atoms with van der Waals surface area (Å²) in [6.07, 6.45) is 2.28. The number of halogens is 2. The lowest BCUT2D eigenvalue weighted by atomic mass is 9.72. The largest absolute Gasteiger partial charge is 1.00 e. The zero-order valence-corrected chi connectivity index (χ0v) is 37.2. The average Bonchev–Trinajstić information content (AvgIpc) is 2.92. The van der Waals surface area contributed by atoms with E-state index in [0.717, 1.165) is 59.5 Å². The topological polar surface area (TPSA) is 18.5 Å². The summed E-state index contributed by atoms with van der Waals surface area (Å²) in [5.41, 5.74) is 6.42. The Morgan fingerprint density at radius 2 is 0.760 bits per heavy atom. The quantitative estimate of drug-likeness (QED) is 0.200. The summed E-state index contributed by atoms with van der Waals surface area (Å²) >= 11 is 0. The predicted molar refractivity (Wildman–Crippen MR) is 206 cm³/mol. The molecule has 0 amide bonds. The standard InChI is InChI=1S/C44H70N2O2.2BrH/c1-41(2,3)33-43(7,8)37-19-23-39(24-20-37)47-29-27-45(11,12)31-35-17-15-16-18-36(35)32-46(13,14)28-30-48-40-25-21-38(22-26-40)44(9,10)34-42(4,5)6;;/h15-26H,27-34H2,1-14H3;2*1H/q+2;;/p-2. The molecule has 50 heavy (non-hydrogen) atoms. The number of quaternary nitrogens is 2. The third-order valence-electron chi connectivity index (χ3n) is 9.46. The van der Waals surface area contributed by atoms with Gasteiger partial charge < -0.3 is 52.4 Å². The third kappa shape index (κ3) is 15.8. The van der Waals surface area contributed by atoms with Gasteiger partial charge in [-0.15, -0.1) is 0 Å². The summed E-state index contributed by atoms with van der Waals surface area (Å²) in [5.74, 6) is 1.90. The molecule has 3 rings (SSSR count). The molecule has 0 atom stereocenters. The monoisotopic (exact) mass is 816 g/mol. The Hall–Kier alpha value is -1.86. The fourth-order valence-electron chi connectivity index (χ4n) is 7.63. The normalized spacial score (nSPS) is 12.9. The molecular weight excluding hydrogens is 748 g/mol. The molecule has 0 radical (unpaired) electrons. The maximum atomic E-state index is 6.25. The lowest BCUT2D eigenvalue weighted by molar-refractivity contribution is -0.907. The molecular formula is C44H70Br2N2O2. The number of likely N-dealkylation sites (N-methyl/N-ethyl adjacent to an activating group) is 2. The van der Waals surface area contributed by atoms with Crippen molar-refractivity contribution in [1.29, 1.82) is 0 Å². The van der Waals surface area contributed by atoms with Crippen molar-refractivity contribution in [2.75, 3.05) is 54.5 Å². The van der Waals surface area contributed by atoms with Crippen molar-refractivity contribution < 1.29 is 52.4 Å². The van der Waals surface area contributed by atoms with Gasteiger partial charge in [-0.25, -0.2) is 0 Å². The molecule has 0 aromatic heterocycles. The number of rotatable bonds is 16. The van der Waals surface area contributed by atoms with E-state index in [1.165, 1.54) is 22.3 Å². The Morgan fingerprint density at radius 3 is 1.04 bits per heavy atom. The van der Waals surface area contributed by atoms with Crippen LogP contribution in [0.25, 0.3) is 0 Å². The van der Waals surface area contributed by atoms with Crippen LogP contribution in [0.15, 0.2) is 72.8 Å².